The van der Waals surface area contributed by atoms with E-state index in [1.54, 1.807) is 0 Å². The molecule has 0 radical (unpaired) electrons. The van der Waals surface area contributed by atoms with E-state index in [4.69, 9.17) is 0 Å². The molecule has 0 unspecified atom stereocenters. The van der Waals surface area contributed by atoms with Crippen molar-refractivity contribution < 1.29 is 26.8 Å². The normalized spacial score (nSPS) is 19.6. The Balaban J connectivity index is 1.78. The van der Waals surface area contributed by atoms with Crippen LogP contribution in [0.25, 0.3) is 11.3 Å². The zero-order valence-corrected chi connectivity index (χ0v) is 20.3. The molecular formula is C25H25F2N3O4S. The average Bonchev–Trinajstić information content (AvgIpc) is 3.06. The summed E-state index contributed by atoms with van der Waals surface area (Å²) in [6, 6.07) is 6.22. The molecule has 0 spiro atoms. The molecule has 1 aliphatic carbocycles. The van der Waals surface area contributed by atoms with E-state index in [0.29, 0.717) is 17.8 Å². The van der Waals surface area contributed by atoms with Gasteiger partial charge in [-0.1, -0.05) is 19.1 Å². The number of hydrogen-bond acceptors (Lipinski definition) is 6. The largest absolute Gasteiger partial charge is 0.351 e. The fourth-order valence-corrected chi connectivity index (χ4v) is 5.71. The lowest BCUT2D eigenvalue weighted by Gasteiger charge is -2.34. The average molecular weight is 502 g/mol. The van der Waals surface area contributed by atoms with Crippen LogP contribution in [-0.4, -0.2) is 37.2 Å². The smallest absolute Gasteiger partial charge is 0.268 e. The fraction of sp³-hybridized carbons (Fsp3) is 0.320. The van der Waals surface area contributed by atoms with Gasteiger partial charge < -0.3 is 4.90 Å². The van der Waals surface area contributed by atoms with Crippen LogP contribution in [0.2, 0.25) is 0 Å². The Morgan fingerprint density at radius 2 is 1.91 bits per heavy atom. The molecule has 1 fully saturated rings. The molecule has 1 N–H and O–H groups in total. The van der Waals surface area contributed by atoms with Crippen molar-refractivity contribution in [3.8, 4) is 11.3 Å². The number of ketones is 1. The van der Waals surface area contributed by atoms with E-state index in [1.807, 2.05) is 23.5 Å². The number of benzene rings is 1. The van der Waals surface area contributed by atoms with E-state index in [2.05, 4.69) is 11.9 Å². The summed E-state index contributed by atoms with van der Waals surface area (Å²) in [7, 11) is -4.41. The topological polar surface area (TPSA) is 96.4 Å². The number of carbonyl (C=O) groups excluding carboxylic acids is 2. The van der Waals surface area contributed by atoms with Gasteiger partial charge in [-0.15, -0.1) is 0 Å². The lowest BCUT2D eigenvalue weighted by molar-refractivity contribution is -0.114. The lowest BCUT2D eigenvalue weighted by Crippen LogP contribution is -2.41. The van der Waals surface area contributed by atoms with Gasteiger partial charge in [0, 0.05) is 24.1 Å². The molecule has 2 heterocycles. The first-order chi connectivity index (χ1) is 16.4. The molecule has 1 amide bonds. The molecule has 1 atom stereocenters. The summed E-state index contributed by atoms with van der Waals surface area (Å²) in [6.45, 7) is 6.58. The van der Waals surface area contributed by atoms with Crippen LogP contribution in [0.1, 0.15) is 44.0 Å². The van der Waals surface area contributed by atoms with Crippen molar-refractivity contribution >= 4 is 27.5 Å². The molecule has 2 aliphatic rings. The van der Waals surface area contributed by atoms with Crippen LogP contribution >= 0.6 is 0 Å². The van der Waals surface area contributed by atoms with Crippen LogP contribution < -0.4 is 9.62 Å². The van der Waals surface area contributed by atoms with Crippen molar-refractivity contribution in [3.63, 3.8) is 0 Å². The Labute approximate surface area is 202 Å². The van der Waals surface area contributed by atoms with E-state index < -0.39 is 43.8 Å². The van der Waals surface area contributed by atoms with Crippen LogP contribution in [-0.2, 0) is 14.8 Å². The second-order valence-corrected chi connectivity index (χ2v) is 11.1. The van der Waals surface area contributed by atoms with Gasteiger partial charge in [0.15, 0.2) is 17.4 Å². The first-order valence-corrected chi connectivity index (χ1v) is 12.6. The number of halogens is 2. The van der Waals surface area contributed by atoms with E-state index in [0.717, 1.165) is 24.6 Å². The molecule has 1 aromatic heterocycles. The van der Waals surface area contributed by atoms with Gasteiger partial charge in [-0.2, -0.15) is 0 Å². The number of Topliss-reactive ketones (excluding diaryl/α,β-unsaturated/α-hetero) is 1. The maximum atomic E-state index is 13.9. The third-order valence-corrected chi connectivity index (χ3v) is 7.54. The number of anilines is 1. The number of rotatable bonds is 5. The Hall–Kier alpha value is -3.40. The highest BCUT2D eigenvalue weighted by molar-refractivity contribution is 7.95. The van der Waals surface area contributed by atoms with Crippen molar-refractivity contribution in [1.82, 2.24) is 9.71 Å². The van der Waals surface area contributed by atoms with E-state index in [1.165, 1.54) is 30.4 Å². The van der Waals surface area contributed by atoms with Gasteiger partial charge >= 0.3 is 0 Å². The van der Waals surface area contributed by atoms with E-state index >= 15 is 0 Å². The Bertz CT molecular complexity index is 1380. The summed E-state index contributed by atoms with van der Waals surface area (Å²) < 4.78 is 54.9. The van der Waals surface area contributed by atoms with Crippen LogP contribution in [0.15, 0.2) is 53.5 Å². The molecule has 0 bridgehead atoms. The highest BCUT2D eigenvalue weighted by atomic mass is 32.2. The molecule has 10 heteroatoms. The predicted octanol–water partition coefficient (Wildman–Crippen LogP) is 4.12. The number of hydrogen-bond donors (Lipinski definition) is 1. The number of carbonyl (C=O) groups is 2. The Kier molecular flexibility index (Phi) is 6.35. The van der Waals surface area contributed by atoms with Gasteiger partial charge in [0.2, 0.25) is 0 Å². The zero-order chi connectivity index (χ0) is 25.5. The third-order valence-electron chi connectivity index (χ3n) is 6.14. The third kappa shape index (κ3) is 4.88. The van der Waals surface area contributed by atoms with Crippen molar-refractivity contribution in [3.05, 3.63) is 70.7 Å². The maximum Gasteiger partial charge on any atom is 0.268 e. The molecule has 4 rings (SSSR count). The molecule has 184 valence electrons. The fourth-order valence-electron chi connectivity index (χ4n) is 4.60. The van der Waals surface area contributed by atoms with Gasteiger partial charge in [-0.05, 0) is 62.6 Å². The number of nitrogens with one attached hydrogen (secondary N) is 1. The standard InChI is InChI=1S/C25H25F2N3O4S/c1-15-13-25(2,3)30(14-15)23-17(9-11-20(28-23)16-8-10-18(26)19(27)12-16)24(32)29-35(33,34)22-7-5-4-6-21(22)31/h4-5,7-12,15H,6,13-14H2,1-3H3,(H,29,32)/t15-/m0/s1. The van der Waals surface area contributed by atoms with Gasteiger partial charge in [0.05, 0.1) is 11.3 Å². The summed E-state index contributed by atoms with van der Waals surface area (Å²) >= 11 is 0. The summed E-state index contributed by atoms with van der Waals surface area (Å²) in [5, 5.41) is 0. The van der Waals surface area contributed by atoms with Crippen LogP contribution in [0.4, 0.5) is 14.6 Å². The number of sulfonamides is 1. The summed E-state index contributed by atoms with van der Waals surface area (Å²) in [5.74, 6) is -3.09. The highest BCUT2D eigenvalue weighted by Crippen LogP contribution is 2.38. The van der Waals surface area contributed by atoms with Crippen molar-refractivity contribution in [2.75, 3.05) is 11.4 Å². The van der Waals surface area contributed by atoms with Gasteiger partial charge in [-0.25, -0.2) is 26.9 Å². The SMILES string of the molecule is C[C@@H]1CN(c2nc(-c3ccc(F)c(F)c3)ccc2C(=O)NS(=O)(=O)C2=CC=CCC2=O)C(C)(C)C1. The minimum Gasteiger partial charge on any atom is -0.351 e. The predicted molar refractivity (Wildman–Crippen MR) is 128 cm³/mol. The molecule has 7 nitrogen and oxygen atoms in total. The number of amides is 1. The maximum absolute atomic E-state index is 13.9. The number of allylic oxidation sites excluding steroid dienone is 4. The Morgan fingerprint density at radius 3 is 2.54 bits per heavy atom. The number of aromatic nitrogens is 1. The van der Waals surface area contributed by atoms with Gasteiger partial charge in [0.25, 0.3) is 15.9 Å². The number of pyridine rings is 1. The second-order valence-electron chi connectivity index (χ2n) is 9.45. The minimum absolute atomic E-state index is 0.0125. The quantitative estimate of drug-likeness (QED) is 0.662. The molecule has 0 saturated carbocycles. The van der Waals surface area contributed by atoms with Crippen LogP contribution in [0, 0.1) is 17.6 Å². The first-order valence-electron chi connectivity index (χ1n) is 11.1. The van der Waals surface area contributed by atoms with Crippen molar-refractivity contribution in [2.24, 2.45) is 5.92 Å². The summed E-state index contributed by atoms with van der Waals surface area (Å²) in [4.78, 5) is 31.3. The Morgan fingerprint density at radius 1 is 1.17 bits per heavy atom. The van der Waals surface area contributed by atoms with Crippen molar-refractivity contribution in [2.45, 2.75) is 39.2 Å². The molecule has 35 heavy (non-hydrogen) atoms. The molecule has 2 aromatic rings. The number of nitrogens with zero attached hydrogens (tertiary/aromatic N) is 2. The molecule has 1 aromatic carbocycles. The summed E-state index contributed by atoms with van der Waals surface area (Å²) in [5.41, 5.74) is 0.185. The molecular weight excluding hydrogens is 476 g/mol. The van der Waals surface area contributed by atoms with Crippen molar-refractivity contribution in [1.29, 1.82) is 0 Å². The van der Waals surface area contributed by atoms with Gasteiger partial charge in [0.1, 0.15) is 10.7 Å². The zero-order valence-electron chi connectivity index (χ0n) is 19.5. The first kappa shape index (κ1) is 24.7. The second kappa shape index (κ2) is 8.99. The molecule has 1 aliphatic heterocycles. The van der Waals surface area contributed by atoms with Gasteiger partial charge in [-0.3, -0.25) is 9.59 Å². The van der Waals surface area contributed by atoms with Crippen LogP contribution in [0.5, 0.6) is 0 Å². The van der Waals surface area contributed by atoms with E-state index in [9.17, 15) is 26.8 Å². The molecule has 1 saturated heterocycles. The van der Waals surface area contributed by atoms with E-state index in [-0.39, 0.29) is 23.7 Å². The minimum atomic E-state index is -4.41. The monoisotopic (exact) mass is 501 g/mol. The lowest BCUT2D eigenvalue weighted by atomic mass is 9.97. The van der Waals surface area contributed by atoms with Crippen LogP contribution in [0.3, 0.4) is 0 Å². The highest BCUT2D eigenvalue weighted by Gasteiger charge is 2.39. The summed E-state index contributed by atoms with van der Waals surface area (Å²) in [6.07, 6.45) is 4.85.